The molecule has 0 amide bonds. The average molecular weight is 203 g/mol. The first-order chi connectivity index (χ1) is 6.90. The Bertz CT molecular complexity index is 423. The lowest BCUT2D eigenvalue weighted by Crippen LogP contribution is -1.93. The molecule has 70 valence electrons. The van der Waals surface area contributed by atoms with E-state index >= 15 is 0 Å². The molecule has 2 nitrogen and oxygen atoms in total. The van der Waals surface area contributed by atoms with E-state index in [1.807, 2.05) is 29.6 Å². The molecule has 0 fully saturated rings. The summed E-state index contributed by atoms with van der Waals surface area (Å²) >= 11 is 1.61. The molecule has 1 aromatic heterocycles. The third-order valence-corrected chi connectivity index (χ3v) is 2.79. The SMILES string of the molecule is O=Cc1ccccc1Cc1nccs1. The standard InChI is InChI=1S/C11H9NOS/c13-8-10-4-2-1-3-9(10)7-11-12-5-6-14-11/h1-6,8H,7H2. The van der Waals surface area contributed by atoms with Crippen molar-refractivity contribution >= 4 is 17.6 Å². The Morgan fingerprint density at radius 1 is 1.36 bits per heavy atom. The smallest absolute Gasteiger partial charge is 0.150 e. The number of hydrogen-bond donors (Lipinski definition) is 0. The zero-order chi connectivity index (χ0) is 9.80. The van der Waals surface area contributed by atoms with E-state index in [-0.39, 0.29) is 0 Å². The second kappa shape index (κ2) is 4.15. The number of nitrogens with zero attached hydrogens (tertiary/aromatic N) is 1. The first kappa shape index (κ1) is 9.09. The van der Waals surface area contributed by atoms with Gasteiger partial charge in [0.2, 0.25) is 0 Å². The van der Waals surface area contributed by atoms with Gasteiger partial charge >= 0.3 is 0 Å². The van der Waals surface area contributed by atoms with Crippen molar-refractivity contribution in [3.8, 4) is 0 Å². The summed E-state index contributed by atoms with van der Waals surface area (Å²) in [5.41, 5.74) is 1.79. The molecule has 0 radical (unpaired) electrons. The van der Waals surface area contributed by atoms with Gasteiger partial charge in [-0.25, -0.2) is 4.98 Å². The zero-order valence-electron chi connectivity index (χ0n) is 7.51. The van der Waals surface area contributed by atoms with E-state index < -0.39 is 0 Å². The molecule has 0 aliphatic carbocycles. The first-order valence-corrected chi connectivity index (χ1v) is 5.19. The summed E-state index contributed by atoms with van der Waals surface area (Å²) in [7, 11) is 0. The van der Waals surface area contributed by atoms with Crippen molar-refractivity contribution in [2.75, 3.05) is 0 Å². The molecule has 0 saturated carbocycles. The van der Waals surface area contributed by atoms with Crippen LogP contribution in [-0.2, 0) is 6.42 Å². The second-order valence-corrected chi connectivity index (χ2v) is 3.90. The molecule has 0 N–H and O–H groups in total. The molecule has 14 heavy (non-hydrogen) atoms. The predicted octanol–water partition coefficient (Wildman–Crippen LogP) is 2.55. The molecular weight excluding hydrogens is 194 g/mol. The van der Waals surface area contributed by atoms with Gasteiger partial charge < -0.3 is 0 Å². The topological polar surface area (TPSA) is 30.0 Å². The van der Waals surface area contributed by atoms with Gasteiger partial charge in [-0.05, 0) is 5.56 Å². The fourth-order valence-corrected chi connectivity index (χ4v) is 1.95. The van der Waals surface area contributed by atoms with Crippen molar-refractivity contribution in [1.82, 2.24) is 4.98 Å². The molecule has 0 unspecified atom stereocenters. The van der Waals surface area contributed by atoms with Crippen molar-refractivity contribution in [2.45, 2.75) is 6.42 Å². The number of carbonyl (C=O) groups is 1. The van der Waals surface area contributed by atoms with Crippen LogP contribution in [-0.4, -0.2) is 11.3 Å². The predicted molar refractivity (Wildman–Crippen MR) is 56.7 cm³/mol. The van der Waals surface area contributed by atoms with Gasteiger partial charge in [-0.15, -0.1) is 11.3 Å². The summed E-state index contributed by atoms with van der Waals surface area (Å²) in [5.74, 6) is 0. The third kappa shape index (κ3) is 1.88. The van der Waals surface area contributed by atoms with Crippen LogP contribution < -0.4 is 0 Å². The highest BCUT2D eigenvalue weighted by molar-refractivity contribution is 7.09. The van der Waals surface area contributed by atoms with Gasteiger partial charge in [-0.1, -0.05) is 24.3 Å². The van der Waals surface area contributed by atoms with Gasteiger partial charge in [0.25, 0.3) is 0 Å². The zero-order valence-corrected chi connectivity index (χ0v) is 8.33. The number of carbonyl (C=O) groups excluding carboxylic acids is 1. The summed E-state index contributed by atoms with van der Waals surface area (Å²) in [5, 5.41) is 2.98. The van der Waals surface area contributed by atoms with E-state index in [4.69, 9.17) is 0 Å². The maximum atomic E-state index is 10.7. The summed E-state index contributed by atoms with van der Waals surface area (Å²) < 4.78 is 0. The van der Waals surface area contributed by atoms with Gasteiger partial charge in [0, 0.05) is 23.6 Å². The van der Waals surface area contributed by atoms with Crippen LogP contribution >= 0.6 is 11.3 Å². The minimum atomic E-state index is 0.743. The molecule has 0 saturated heterocycles. The molecule has 0 spiro atoms. The van der Waals surface area contributed by atoms with Crippen LogP contribution in [0.15, 0.2) is 35.8 Å². The molecule has 0 bridgehead atoms. The van der Waals surface area contributed by atoms with Crippen LogP contribution in [0.2, 0.25) is 0 Å². The highest BCUT2D eigenvalue weighted by atomic mass is 32.1. The molecular formula is C11H9NOS. The number of hydrogen-bond acceptors (Lipinski definition) is 3. The Kier molecular flexibility index (Phi) is 2.70. The molecule has 1 heterocycles. The Morgan fingerprint density at radius 3 is 2.93 bits per heavy atom. The molecule has 0 aliphatic rings. The van der Waals surface area contributed by atoms with Gasteiger partial charge in [0.05, 0.1) is 5.01 Å². The van der Waals surface area contributed by atoms with E-state index in [2.05, 4.69) is 4.98 Å². The number of aromatic nitrogens is 1. The highest BCUT2D eigenvalue weighted by Gasteiger charge is 2.02. The highest BCUT2D eigenvalue weighted by Crippen LogP contribution is 2.14. The summed E-state index contributed by atoms with van der Waals surface area (Å²) in [6, 6.07) is 7.60. The Hall–Kier alpha value is -1.48. The Balaban J connectivity index is 2.28. The van der Waals surface area contributed by atoms with Crippen LogP contribution in [0, 0.1) is 0 Å². The molecule has 2 rings (SSSR count). The van der Waals surface area contributed by atoms with E-state index in [1.165, 1.54) is 0 Å². The summed E-state index contributed by atoms with van der Waals surface area (Å²) in [6.45, 7) is 0. The third-order valence-electron chi connectivity index (χ3n) is 2.01. The fraction of sp³-hybridized carbons (Fsp3) is 0.0909. The maximum Gasteiger partial charge on any atom is 0.150 e. The van der Waals surface area contributed by atoms with Crippen molar-refractivity contribution in [3.05, 3.63) is 52.0 Å². The van der Waals surface area contributed by atoms with E-state index in [0.29, 0.717) is 0 Å². The van der Waals surface area contributed by atoms with Crippen LogP contribution in [0.3, 0.4) is 0 Å². The molecule has 0 atom stereocenters. The van der Waals surface area contributed by atoms with E-state index in [0.717, 1.165) is 28.8 Å². The summed E-state index contributed by atoms with van der Waals surface area (Å²) in [6.07, 6.45) is 3.42. The number of rotatable bonds is 3. The largest absolute Gasteiger partial charge is 0.298 e. The first-order valence-electron chi connectivity index (χ1n) is 4.31. The van der Waals surface area contributed by atoms with Crippen LogP contribution in [0.25, 0.3) is 0 Å². The maximum absolute atomic E-state index is 10.7. The summed E-state index contributed by atoms with van der Waals surface area (Å²) in [4.78, 5) is 14.9. The van der Waals surface area contributed by atoms with Gasteiger partial charge in [0.1, 0.15) is 6.29 Å². The quantitative estimate of drug-likeness (QED) is 0.717. The normalized spacial score (nSPS) is 10.0. The lowest BCUT2D eigenvalue weighted by molar-refractivity contribution is 0.112. The van der Waals surface area contributed by atoms with Crippen LogP contribution in [0.5, 0.6) is 0 Å². The van der Waals surface area contributed by atoms with Crippen molar-refractivity contribution in [1.29, 1.82) is 0 Å². The van der Waals surface area contributed by atoms with Crippen molar-refractivity contribution in [2.24, 2.45) is 0 Å². The fourth-order valence-electron chi connectivity index (χ4n) is 1.31. The minimum absolute atomic E-state index is 0.743. The molecule has 0 aliphatic heterocycles. The number of aldehydes is 1. The Morgan fingerprint density at radius 2 is 2.21 bits per heavy atom. The van der Waals surface area contributed by atoms with Crippen molar-refractivity contribution < 1.29 is 4.79 Å². The number of thiazole rings is 1. The molecule has 1 aromatic carbocycles. The lowest BCUT2D eigenvalue weighted by Gasteiger charge is -2.00. The minimum Gasteiger partial charge on any atom is -0.298 e. The Labute approximate surface area is 86.2 Å². The van der Waals surface area contributed by atoms with Gasteiger partial charge in [0.15, 0.2) is 0 Å². The van der Waals surface area contributed by atoms with E-state index in [1.54, 1.807) is 17.5 Å². The average Bonchev–Trinajstić information content (AvgIpc) is 2.71. The van der Waals surface area contributed by atoms with Gasteiger partial charge in [-0.2, -0.15) is 0 Å². The van der Waals surface area contributed by atoms with E-state index in [9.17, 15) is 4.79 Å². The number of benzene rings is 1. The molecule has 2 aromatic rings. The van der Waals surface area contributed by atoms with Crippen molar-refractivity contribution in [3.63, 3.8) is 0 Å². The van der Waals surface area contributed by atoms with Gasteiger partial charge in [-0.3, -0.25) is 4.79 Å². The van der Waals surface area contributed by atoms with Crippen LogP contribution in [0.4, 0.5) is 0 Å². The molecule has 3 heteroatoms. The lowest BCUT2D eigenvalue weighted by atomic mass is 10.1. The monoisotopic (exact) mass is 203 g/mol. The second-order valence-electron chi connectivity index (χ2n) is 2.92. The van der Waals surface area contributed by atoms with Crippen LogP contribution in [0.1, 0.15) is 20.9 Å².